The van der Waals surface area contributed by atoms with Crippen LogP contribution in [0.25, 0.3) is 11.1 Å². The SMILES string of the molecule is CCOP(=O)(Cc1ccc(C(=O)N[C@@H](Cc2ccc(-c3ccccc3)cc2)C(=O)O)cc1)OCC. The van der Waals surface area contributed by atoms with E-state index in [1.54, 1.807) is 38.1 Å². The molecule has 0 heterocycles. The van der Waals surface area contributed by atoms with Crippen molar-refractivity contribution in [2.24, 2.45) is 0 Å². The van der Waals surface area contributed by atoms with Crippen LogP contribution in [0.3, 0.4) is 0 Å². The number of hydrogen-bond acceptors (Lipinski definition) is 5. The van der Waals surface area contributed by atoms with Gasteiger partial charge in [0.15, 0.2) is 0 Å². The van der Waals surface area contributed by atoms with E-state index in [9.17, 15) is 19.3 Å². The van der Waals surface area contributed by atoms with Crippen molar-refractivity contribution in [3.8, 4) is 11.1 Å². The van der Waals surface area contributed by atoms with E-state index in [1.165, 1.54) is 0 Å². The molecule has 0 unspecified atom stereocenters. The monoisotopic (exact) mass is 495 g/mol. The van der Waals surface area contributed by atoms with Crippen molar-refractivity contribution < 1.29 is 28.3 Å². The Balaban J connectivity index is 1.64. The van der Waals surface area contributed by atoms with Crippen molar-refractivity contribution in [1.82, 2.24) is 5.32 Å². The van der Waals surface area contributed by atoms with Crippen LogP contribution in [0.15, 0.2) is 78.9 Å². The fraction of sp³-hybridized carbons (Fsp3) is 0.259. The lowest BCUT2D eigenvalue weighted by Crippen LogP contribution is -2.42. The quantitative estimate of drug-likeness (QED) is 0.320. The van der Waals surface area contributed by atoms with Crippen LogP contribution in [-0.4, -0.2) is 36.2 Å². The summed E-state index contributed by atoms with van der Waals surface area (Å²) in [6.07, 6.45) is 0.243. The normalized spacial score (nSPS) is 12.2. The van der Waals surface area contributed by atoms with Gasteiger partial charge in [0.1, 0.15) is 6.04 Å². The molecule has 8 heteroatoms. The molecule has 1 amide bonds. The van der Waals surface area contributed by atoms with Crippen molar-refractivity contribution >= 4 is 19.5 Å². The first-order valence-electron chi connectivity index (χ1n) is 11.5. The Morgan fingerprint density at radius 2 is 1.37 bits per heavy atom. The smallest absolute Gasteiger partial charge is 0.335 e. The van der Waals surface area contributed by atoms with Gasteiger partial charge in [-0.25, -0.2) is 4.79 Å². The maximum absolute atomic E-state index is 12.7. The lowest BCUT2D eigenvalue weighted by molar-refractivity contribution is -0.139. The minimum Gasteiger partial charge on any atom is -0.480 e. The van der Waals surface area contributed by atoms with E-state index in [1.807, 2.05) is 54.6 Å². The van der Waals surface area contributed by atoms with Crippen molar-refractivity contribution in [1.29, 1.82) is 0 Å². The number of benzene rings is 3. The van der Waals surface area contributed by atoms with Crippen LogP contribution in [-0.2, 0) is 31.0 Å². The second-order valence-corrected chi connectivity index (χ2v) is 9.99. The summed E-state index contributed by atoms with van der Waals surface area (Å²) in [6, 6.07) is 22.9. The molecule has 3 aromatic carbocycles. The summed E-state index contributed by atoms with van der Waals surface area (Å²) in [5.74, 6) is -1.61. The highest BCUT2D eigenvalue weighted by Crippen LogP contribution is 2.51. The molecule has 2 N–H and O–H groups in total. The minimum atomic E-state index is -3.26. The standard InChI is InChI=1S/C27H30NO6P/c1-3-33-35(32,34-4-2)19-21-12-16-24(17-13-21)26(29)28-25(27(30)31)18-20-10-14-23(15-11-20)22-8-6-5-7-9-22/h5-17,25H,3-4,18-19H2,1-2H3,(H,28,29)(H,30,31)/t25-/m0/s1. The second kappa shape index (κ2) is 12.5. The van der Waals surface area contributed by atoms with Gasteiger partial charge >= 0.3 is 13.6 Å². The summed E-state index contributed by atoms with van der Waals surface area (Å²) in [5, 5.41) is 12.3. The highest BCUT2D eigenvalue weighted by Gasteiger charge is 2.25. The minimum absolute atomic E-state index is 0.0906. The second-order valence-electron chi connectivity index (χ2n) is 7.93. The number of carboxylic acid groups (broad SMARTS) is 1. The zero-order valence-corrected chi connectivity index (χ0v) is 20.7. The van der Waals surface area contributed by atoms with Gasteiger partial charge in [-0.3, -0.25) is 9.36 Å². The molecule has 3 rings (SSSR count). The molecule has 0 aliphatic carbocycles. The average molecular weight is 496 g/mol. The molecular formula is C27H30NO6P. The molecule has 0 aliphatic heterocycles. The Morgan fingerprint density at radius 1 is 0.829 bits per heavy atom. The summed E-state index contributed by atoms with van der Waals surface area (Å²) in [6.45, 7) is 4.03. The maximum atomic E-state index is 12.7. The Hall–Kier alpha value is -3.25. The summed E-state index contributed by atoms with van der Waals surface area (Å²) >= 11 is 0. The van der Waals surface area contributed by atoms with E-state index in [4.69, 9.17) is 9.05 Å². The van der Waals surface area contributed by atoms with Gasteiger partial charge in [-0.05, 0) is 48.2 Å². The number of nitrogens with one attached hydrogen (secondary N) is 1. The molecule has 0 spiro atoms. The number of rotatable bonds is 12. The third kappa shape index (κ3) is 7.62. The fourth-order valence-corrected chi connectivity index (χ4v) is 5.35. The zero-order valence-electron chi connectivity index (χ0n) is 19.8. The molecule has 7 nitrogen and oxygen atoms in total. The molecule has 184 valence electrons. The number of hydrogen-bond donors (Lipinski definition) is 2. The van der Waals surface area contributed by atoms with E-state index in [0.29, 0.717) is 11.1 Å². The number of carbonyl (C=O) groups is 2. The topological polar surface area (TPSA) is 102 Å². The van der Waals surface area contributed by atoms with Crippen LogP contribution in [0.5, 0.6) is 0 Å². The molecule has 0 aliphatic rings. The fourth-order valence-electron chi connectivity index (χ4n) is 3.65. The summed E-state index contributed by atoms with van der Waals surface area (Å²) in [5.41, 5.74) is 3.91. The Labute approximate surface area is 205 Å². The van der Waals surface area contributed by atoms with Crippen molar-refractivity contribution in [3.63, 3.8) is 0 Å². The first-order chi connectivity index (χ1) is 16.8. The molecule has 0 fully saturated rings. The van der Waals surface area contributed by atoms with Gasteiger partial charge in [0, 0.05) is 12.0 Å². The molecule has 0 bridgehead atoms. The third-order valence-electron chi connectivity index (χ3n) is 5.35. The number of carbonyl (C=O) groups excluding carboxylic acids is 1. The van der Waals surface area contributed by atoms with Gasteiger partial charge < -0.3 is 19.5 Å². The van der Waals surface area contributed by atoms with E-state index in [-0.39, 0.29) is 25.8 Å². The molecular weight excluding hydrogens is 465 g/mol. The molecule has 0 radical (unpaired) electrons. The predicted molar refractivity (Wildman–Crippen MR) is 135 cm³/mol. The van der Waals surface area contributed by atoms with E-state index in [0.717, 1.165) is 16.7 Å². The van der Waals surface area contributed by atoms with Gasteiger partial charge in [0.2, 0.25) is 0 Å². The largest absolute Gasteiger partial charge is 0.480 e. The van der Waals surface area contributed by atoms with Crippen LogP contribution >= 0.6 is 7.60 Å². The summed E-state index contributed by atoms with van der Waals surface area (Å²) < 4.78 is 23.3. The summed E-state index contributed by atoms with van der Waals surface area (Å²) in [7, 11) is -3.26. The molecule has 35 heavy (non-hydrogen) atoms. The van der Waals surface area contributed by atoms with Gasteiger partial charge in [-0.1, -0.05) is 66.7 Å². The predicted octanol–water partition coefficient (Wildman–Crippen LogP) is 5.55. The third-order valence-corrected chi connectivity index (χ3v) is 7.40. The van der Waals surface area contributed by atoms with Crippen LogP contribution in [0.1, 0.15) is 35.3 Å². The zero-order chi connectivity index (χ0) is 25.3. The van der Waals surface area contributed by atoms with E-state index < -0.39 is 25.5 Å². The summed E-state index contributed by atoms with van der Waals surface area (Å²) in [4.78, 5) is 24.5. The van der Waals surface area contributed by atoms with Crippen LogP contribution in [0.2, 0.25) is 0 Å². The molecule has 0 saturated carbocycles. The lowest BCUT2D eigenvalue weighted by Gasteiger charge is -2.17. The first kappa shape index (κ1) is 26.4. The van der Waals surface area contributed by atoms with Crippen LogP contribution in [0, 0.1) is 0 Å². The van der Waals surface area contributed by atoms with Crippen molar-refractivity contribution in [2.75, 3.05) is 13.2 Å². The Kier molecular flexibility index (Phi) is 9.38. The molecule has 1 atom stereocenters. The van der Waals surface area contributed by atoms with Crippen LogP contribution in [0.4, 0.5) is 0 Å². The molecule has 0 saturated heterocycles. The number of carboxylic acids is 1. The number of amides is 1. The van der Waals surface area contributed by atoms with Gasteiger partial charge in [-0.15, -0.1) is 0 Å². The molecule has 3 aromatic rings. The first-order valence-corrected chi connectivity index (χ1v) is 13.2. The van der Waals surface area contributed by atoms with E-state index >= 15 is 0 Å². The van der Waals surface area contributed by atoms with Gasteiger partial charge in [0.25, 0.3) is 5.91 Å². The average Bonchev–Trinajstić information content (AvgIpc) is 2.85. The number of aliphatic carboxylic acids is 1. The van der Waals surface area contributed by atoms with Crippen molar-refractivity contribution in [3.05, 3.63) is 95.6 Å². The van der Waals surface area contributed by atoms with E-state index in [2.05, 4.69) is 5.32 Å². The lowest BCUT2D eigenvalue weighted by atomic mass is 10.0. The maximum Gasteiger partial charge on any atom is 0.335 e. The highest BCUT2D eigenvalue weighted by molar-refractivity contribution is 7.53. The van der Waals surface area contributed by atoms with Gasteiger partial charge in [-0.2, -0.15) is 0 Å². The van der Waals surface area contributed by atoms with Crippen LogP contribution < -0.4 is 5.32 Å². The van der Waals surface area contributed by atoms with Crippen molar-refractivity contribution in [2.45, 2.75) is 32.5 Å². The molecule has 0 aromatic heterocycles. The Morgan fingerprint density at radius 3 is 1.91 bits per heavy atom. The van der Waals surface area contributed by atoms with Gasteiger partial charge in [0.05, 0.1) is 19.4 Å². The Bertz CT molecular complexity index is 1150. The highest BCUT2D eigenvalue weighted by atomic mass is 31.2.